The summed E-state index contributed by atoms with van der Waals surface area (Å²) in [6.07, 6.45) is 0. The van der Waals surface area contributed by atoms with Crippen LogP contribution in [-0.2, 0) is 0 Å². The lowest BCUT2D eigenvalue weighted by Gasteiger charge is -2.15. The Morgan fingerprint density at radius 2 is 0.982 bits per heavy atom. The minimum Gasteiger partial charge on any atom is -0.308 e. The van der Waals surface area contributed by atoms with E-state index in [-0.39, 0.29) is 0 Å². The molecule has 12 aromatic rings. The zero-order valence-corrected chi connectivity index (χ0v) is 30.1. The molecule has 0 unspecified atom stereocenters. The van der Waals surface area contributed by atoms with Crippen LogP contribution in [0.1, 0.15) is 0 Å². The van der Waals surface area contributed by atoms with Gasteiger partial charge in [0.05, 0.1) is 38.8 Å². The molecule has 3 aromatic heterocycles. The van der Waals surface area contributed by atoms with Gasteiger partial charge in [0.2, 0.25) is 0 Å². The lowest BCUT2D eigenvalue weighted by atomic mass is 9.91. The van der Waals surface area contributed by atoms with E-state index in [0.29, 0.717) is 0 Å². The molecular weight excluding hydrogens is 681 g/mol. The van der Waals surface area contributed by atoms with Gasteiger partial charge >= 0.3 is 0 Å². The maximum Gasteiger partial charge on any atom is 0.165 e. The minimum atomic E-state index is 0.815. The molecule has 0 radical (unpaired) electrons. The van der Waals surface area contributed by atoms with Crippen molar-refractivity contribution in [3.8, 4) is 45.0 Å². The molecule has 0 N–H and O–H groups in total. The number of benzene rings is 9. The molecule has 13 rings (SSSR count). The van der Waals surface area contributed by atoms with Crippen molar-refractivity contribution in [2.24, 2.45) is 0 Å². The van der Waals surface area contributed by atoms with E-state index in [1.54, 1.807) is 0 Å². The third kappa shape index (κ3) is 3.92. The quantitative estimate of drug-likeness (QED) is 0.167. The first kappa shape index (κ1) is 29.8. The van der Waals surface area contributed by atoms with Crippen molar-refractivity contribution < 1.29 is 0 Å². The Balaban J connectivity index is 1.23. The van der Waals surface area contributed by atoms with Crippen LogP contribution in [0.15, 0.2) is 182 Å². The third-order valence-electron chi connectivity index (χ3n) is 12.0. The molecule has 0 saturated carbocycles. The summed E-state index contributed by atoms with van der Waals surface area (Å²) in [4.78, 5) is 11.0. The lowest BCUT2D eigenvalue weighted by molar-refractivity contribution is 1.08. The van der Waals surface area contributed by atoms with E-state index in [1.807, 2.05) is 6.07 Å². The van der Waals surface area contributed by atoms with Crippen molar-refractivity contribution >= 4 is 76.2 Å². The van der Waals surface area contributed by atoms with Crippen LogP contribution in [0.5, 0.6) is 0 Å². The smallest absolute Gasteiger partial charge is 0.165 e. The van der Waals surface area contributed by atoms with Gasteiger partial charge in [-0.1, -0.05) is 140 Å². The second kappa shape index (κ2) is 11.0. The number of fused-ring (bicyclic) bond motifs is 16. The molecule has 1 aliphatic rings. The highest BCUT2D eigenvalue weighted by atomic mass is 15.1. The maximum absolute atomic E-state index is 5.54. The molecule has 0 fully saturated rings. The van der Waals surface area contributed by atoms with Gasteiger partial charge in [-0.25, -0.2) is 9.97 Å². The largest absolute Gasteiger partial charge is 0.308 e. The summed E-state index contributed by atoms with van der Waals surface area (Å²) in [5.74, 6) is 0.815. The summed E-state index contributed by atoms with van der Waals surface area (Å²) in [5, 5.41) is 9.69. The third-order valence-corrected chi connectivity index (χ3v) is 12.0. The van der Waals surface area contributed by atoms with Gasteiger partial charge in [-0.15, -0.1) is 0 Å². The summed E-state index contributed by atoms with van der Waals surface area (Å²) in [7, 11) is 0. The lowest BCUT2D eigenvalue weighted by Crippen LogP contribution is -2.04. The normalized spacial score (nSPS) is 12.3. The highest BCUT2D eigenvalue weighted by molar-refractivity contribution is 6.28. The van der Waals surface area contributed by atoms with Crippen LogP contribution in [0.25, 0.3) is 121 Å². The van der Waals surface area contributed by atoms with Gasteiger partial charge in [-0.3, -0.25) is 4.57 Å². The average Bonchev–Trinajstić information content (AvgIpc) is 3.73. The van der Waals surface area contributed by atoms with Crippen molar-refractivity contribution in [2.45, 2.75) is 0 Å². The first-order valence-corrected chi connectivity index (χ1v) is 19.2. The molecule has 0 aliphatic carbocycles. The van der Waals surface area contributed by atoms with E-state index >= 15 is 0 Å². The SMILES string of the molecule is c1ccc2c(c1)-c1ccccc1-n1c3ccccc3c3cc4c(c-2c31)c1ccccc1n4-c1nc2ccccc2nc1-c1ccc2ccc3ccccc3c2c1. The van der Waals surface area contributed by atoms with E-state index in [4.69, 9.17) is 9.97 Å². The van der Waals surface area contributed by atoms with Crippen LogP contribution in [-0.4, -0.2) is 19.1 Å². The standard InChI is InChI=1S/C52H30N4/c1-2-14-34-31(13-1)25-26-32-27-28-33(29-40(32)34)50-52(54-43-21-9-8-20-42(43)53-50)56-46-24-12-7-19-39(46)48-47(56)30-41-37-17-6-11-23-45(37)55-44-22-10-5-16-36(44)35-15-3-4-18-38(35)49(48)51(41)55/h1-30H. The van der Waals surface area contributed by atoms with E-state index in [2.05, 4.69) is 185 Å². The Hall–Kier alpha value is -7.56. The van der Waals surface area contributed by atoms with Crippen LogP contribution in [0.3, 0.4) is 0 Å². The van der Waals surface area contributed by atoms with Crippen molar-refractivity contribution in [1.82, 2.24) is 19.1 Å². The van der Waals surface area contributed by atoms with Crippen molar-refractivity contribution in [1.29, 1.82) is 0 Å². The monoisotopic (exact) mass is 710 g/mol. The van der Waals surface area contributed by atoms with E-state index in [9.17, 15) is 0 Å². The van der Waals surface area contributed by atoms with Gasteiger partial charge in [0.25, 0.3) is 0 Å². The van der Waals surface area contributed by atoms with E-state index in [1.165, 1.54) is 82.1 Å². The highest BCUT2D eigenvalue weighted by Crippen LogP contribution is 2.52. The topological polar surface area (TPSA) is 35.6 Å². The van der Waals surface area contributed by atoms with Crippen molar-refractivity contribution in [3.05, 3.63) is 182 Å². The molecule has 0 spiro atoms. The molecule has 1 aliphatic heterocycles. The van der Waals surface area contributed by atoms with Gasteiger partial charge in [-0.05, 0) is 75.1 Å². The van der Waals surface area contributed by atoms with Gasteiger partial charge in [0, 0.05) is 38.2 Å². The molecule has 9 aromatic carbocycles. The zero-order chi connectivity index (χ0) is 36.5. The van der Waals surface area contributed by atoms with Crippen LogP contribution in [0.4, 0.5) is 0 Å². The van der Waals surface area contributed by atoms with Crippen molar-refractivity contribution in [2.75, 3.05) is 0 Å². The minimum absolute atomic E-state index is 0.815. The number of hydrogen-bond acceptors (Lipinski definition) is 2. The van der Waals surface area contributed by atoms with Crippen LogP contribution in [0, 0.1) is 0 Å². The number of nitrogens with zero attached hydrogens (tertiary/aromatic N) is 4. The molecule has 0 saturated heterocycles. The van der Waals surface area contributed by atoms with E-state index in [0.717, 1.165) is 39.1 Å². The highest BCUT2D eigenvalue weighted by Gasteiger charge is 2.29. The summed E-state index contributed by atoms with van der Waals surface area (Å²) in [6, 6.07) is 65.9. The summed E-state index contributed by atoms with van der Waals surface area (Å²) in [6.45, 7) is 0. The predicted octanol–water partition coefficient (Wildman–Crippen LogP) is 13.4. The second-order valence-electron chi connectivity index (χ2n) is 14.9. The molecule has 0 amide bonds. The van der Waals surface area contributed by atoms with Crippen LogP contribution >= 0.6 is 0 Å². The molecular formula is C52H30N4. The van der Waals surface area contributed by atoms with Crippen molar-refractivity contribution in [3.63, 3.8) is 0 Å². The van der Waals surface area contributed by atoms with Crippen LogP contribution < -0.4 is 0 Å². The Labute approximate surface area is 321 Å². The fraction of sp³-hybridized carbons (Fsp3) is 0. The zero-order valence-electron chi connectivity index (χ0n) is 30.1. The molecule has 4 nitrogen and oxygen atoms in total. The molecule has 56 heavy (non-hydrogen) atoms. The molecule has 0 bridgehead atoms. The Kier molecular flexibility index (Phi) is 5.86. The Bertz CT molecular complexity index is 3660. The summed E-state index contributed by atoms with van der Waals surface area (Å²) in [5.41, 5.74) is 14.4. The average molecular weight is 711 g/mol. The van der Waals surface area contributed by atoms with Crippen LogP contribution in [0.2, 0.25) is 0 Å². The predicted molar refractivity (Wildman–Crippen MR) is 233 cm³/mol. The van der Waals surface area contributed by atoms with Gasteiger partial charge < -0.3 is 4.57 Å². The number of aromatic nitrogens is 4. The molecule has 4 heterocycles. The first-order valence-electron chi connectivity index (χ1n) is 19.2. The fourth-order valence-corrected chi connectivity index (χ4v) is 9.63. The fourth-order valence-electron chi connectivity index (χ4n) is 9.63. The Morgan fingerprint density at radius 1 is 0.375 bits per heavy atom. The first-order chi connectivity index (χ1) is 27.8. The second-order valence-corrected chi connectivity index (χ2v) is 14.9. The van der Waals surface area contributed by atoms with E-state index < -0.39 is 0 Å². The number of hydrogen-bond donors (Lipinski definition) is 0. The number of rotatable bonds is 2. The number of para-hydroxylation sites is 5. The Morgan fingerprint density at radius 3 is 1.82 bits per heavy atom. The summed E-state index contributed by atoms with van der Waals surface area (Å²) < 4.78 is 4.89. The van der Waals surface area contributed by atoms with Gasteiger partial charge in [0.1, 0.15) is 5.69 Å². The summed E-state index contributed by atoms with van der Waals surface area (Å²) >= 11 is 0. The maximum atomic E-state index is 5.54. The van der Waals surface area contributed by atoms with Gasteiger partial charge in [0.15, 0.2) is 5.82 Å². The molecule has 258 valence electrons. The molecule has 4 heteroatoms. The van der Waals surface area contributed by atoms with Gasteiger partial charge in [-0.2, -0.15) is 0 Å². The molecule has 0 atom stereocenters.